The van der Waals surface area contributed by atoms with Crippen molar-refractivity contribution < 1.29 is 14.3 Å². The minimum atomic E-state index is -0.651. The number of carbonyl (C=O) groups excluding carboxylic acids is 1. The van der Waals surface area contributed by atoms with Crippen molar-refractivity contribution in [1.82, 2.24) is 9.80 Å². The van der Waals surface area contributed by atoms with Crippen molar-refractivity contribution in [3.8, 4) is 0 Å². The molecule has 4 nitrogen and oxygen atoms in total. The smallest absolute Gasteiger partial charge is 0.244 e. The Morgan fingerprint density at radius 1 is 1.32 bits per heavy atom. The van der Waals surface area contributed by atoms with Gasteiger partial charge in [-0.25, -0.2) is 4.39 Å². The highest BCUT2D eigenvalue weighted by Crippen LogP contribution is 2.41. The Kier molecular flexibility index (Phi) is 5.19. The maximum atomic E-state index is 14.1. The van der Waals surface area contributed by atoms with Gasteiger partial charge in [0.05, 0.1) is 6.61 Å². The van der Waals surface area contributed by atoms with Gasteiger partial charge in [-0.05, 0) is 33.0 Å². The quantitative estimate of drug-likeness (QED) is 0.875. The fourth-order valence-corrected chi connectivity index (χ4v) is 3.16. The average Bonchev–Trinajstić information content (AvgIpc) is 2.44. The summed E-state index contributed by atoms with van der Waals surface area (Å²) in [5, 5.41) is 9.57. The van der Waals surface area contributed by atoms with E-state index in [9.17, 15) is 14.3 Å². The van der Waals surface area contributed by atoms with Crippen molar-refractivity contribution in [2.75, 3.05) is 34.3 Å². The summed E-state index contributed by atoms with van der Waals surface area (Å²) in [4.78, 5) is 16.2. The van der Waals surface area contributed by atoms with Gasteiger partial charge in [0, 0.05) is 24.6 Å². The number of hydrogen-bond acceptors (Lipinski definition) is 3. The monoisotopic (exact) mass is 308 g/mol. The van der Waals surface area contributed by atoms with E-state index < -0.39 is 6.04 Å². The molecule has 5 heteroatoms. The fraction of sp³-hybridized carbons (Fsp3) is 0.588. The normalized spacial score (nSPS) is 17.9. The van der Waals surface area contributed by atoms with Crippen LogP contribution in [0.3, 0.4) is 0 Å². The molecule has 1 N–H and O–H groups in total. The number of likely N-dealkylation sites (N-methyl/N-ethyl adjacent to an activating group) is 2. The average molecular weight is 308 g/mol. The maximum Gasteiger partial charge on any atom is 0.244 e. The topological polar surface area (TPSA) is 43.8 Å². The first-order chi connectivity index (χ1) is 10.4. The van der Waals surface area contributed by atoms with Gasteiger partial charge in [-0.3, -0.25) is 9.69 Å². The number of halogens is 1. The molecule has 1 aliphatic carbocycles. The van der Waals surface area contributed by atoms with Crippen molar-refractivity contribution in [1.29, 1.82) is 0 Å². The predicted octanol–water partition coefficient (Wildman–Crippen LogP) is 2.05. The van der Waals surface area contributed by atoms with Crippen molar-refractivity contribution >= 4 is 5.91 Å². The predicted molar refractivity (Wildman–Crippen MR) is 83.8 cm³/mol. The molecule has 1 fully saturated rings. The molecule has 0 heterocycles. The Bertz CT molecular complexity index is 524. The third kappa shape index (κ3) is 3.31. The summed E-state index contributed by atoms with van der Waals surface area (Å²) in [6, 6.07) is 5.73. The van der Waals surface area contributed by atoms with Crippen LogP contribution >= 0.6 is 0 Å². The molecule has 122 valence electrons. The number of aliphatic hydroxyl groups excluding tert-OH is 1. The summed E-state index contributed by atoms with van der Waals surface area (Å²) >= 11 is 0. The highest BCUT2D eigenvalue weighted by Gasteiger charge is 2.39. The molecular weight excluding hydrogens is 283 g/mol. The maximum absolute atomic E-state index is 14.1. The van der Waals surface area contributed by atoms with Crippen molar-refractivity contribution in [3.63, 3.8) is 0 Å². The third-order valence-corrected chi connectivity index (χ3v) is 4.65. The summed E-state index contributed by atoms with van der Waals surface area (Å²) in [5.74, 6) is -0.515. The molecule has 0 spiro atoms. The van der Waals surface area contributed by atoms with Crippen LogP contribution in [0, 0.1) is 11.2 Å². The van der Waals surface area contributed by atoms with Gasteiger partial charge in [-0.2, -0.15) is 0 Å². The van der Waals surface area contributed by atoms with Crippen LogP contribution in [-0.4, -0.2) is 55.1 Å². The largest absolute Gasteiger partial charge is 0.396 e. The van der Waals surface area contributed by atoms with Gasteiger partial charge in [0.15, 0.2) is 0 Å². The van der Waals surface area contributed by atoms with Gasteiger partial charge in [0.2, 0.25) is 5.91 Å². The second-order valence-electron chi connectivity index (χ2n) is 6.59. The minimum absolute atomic E-state index is 0.0942. The number of aliphatic hydroxyl groups is 1. The van der Waals surface area contributed by atoms with Crippen LogP contribution in [0.4, 0.5) is 4.39 Å². The first-order valence-corrected chi connectivity index (χ1v) is 7.67. The van der Waals surface area contributed by atoms with Crippen molar-refractivity contribution in [3.05, 3.63) is 35.6 Å². The molecule has 0 bridgehead atoms. The molecule has 0 unspecified atom stereocenters. The summed E-state index contributed by atoms with van der Waals surface area (Å²) in [6.07, 6.45) is 2.97. The van der Waals surface area contributed by atoms with E-state index in [4.69, 9.17) is 0 Å². The molecule has 1 atom stereocenters. The molecule has 1 aliphatic rings. The van der Waals surface area contributed by atoms with Crippen LogP contribution in [0.2, 0.25) is 0 Å². The lowest BCUT2D eigenvalue weighted by Crippen LogP contribution is -2.48. The highest BCUT2D eigenvalue weighted by molar-refractivity contribution is 5.83. The van der Waals surface area contributed by atoms with Gasteiger partial charge >= 0.3 is 0 Å². The summed E-state index contributed by atoms with van der Waals surface area (Å²) in [7, 11) is 5.28. The van der Waals surface area contributed by atoms with Gasteiger partial charge in [-0.1, -0.05) is 24.6 Å². The van der Waals surface area contributed by atoms with E-state index in [1.807, 2.05) is 0 Å². The number of carbonyl (C=O) groups is 1. The molecule has 1 aromatic rings. The van der Waals surface area contributed by atoms with E-state index in [1.165, 1.54) is 6.07 Å². The molecule has 22 heavy (non-hydrogen) atoms. The van der Waals surface area contributed by atoms with Gasteiger partial charge < -0.3 is 10.0 Å². The molecule has 1 saturated carbocycles. The van der Waals surface area contributed by atoms with E-state index in [1.54, 1.807) is 49.1 Å². The molecule has 2 rings (SSSR count). The molecule has 0 saturated heterocycles. The van der Waals surface area contributed by atoms with E-state index in [0.29, 0.717) is 12.1 Å². The van der Waals surface area contributed by atoms with Crippen molar-refractivity contribution in [2.24, 2.45) is 5.41 Å². The Morgan fingerprint density at radius 3 is 2.41 bits per heavy atom. The lowest BCUT2D eigenvalue weighted by molar-refractivity contribution is -0.138. The number of benzene rings is 1. The molecular formula is C17H25FN2O2. The van der Waals surface area contributed by atoms with Crippen LogP contribution < -0.4 is 0 Å². The second-order valence-corrected chi connectivity index (χ2v) is 6.59. The van der Waals surface area contributed by atoms with E-state index in [0.717, 1.165) is 19.3 Å². The van der Waals surface area contributed by atoms with Crippen LogP contribution in [-0.2, 0) is 4.79 Å². The van der Waals surface area contributed by atoms with E-state index in [-0.39, 0.29) is 23.7 Å². The zero-order valence-corrected chi connectivity index (χ0v) is 13.6. The van der Waals surface area contributed by atoms with Crippen LogP contribution in [0.25, 0.3) is 0 Å². The molecule has 0 radical (unpaired) electrons. The Hall–Kier alpha value is -1.46. The molecule has 0 aliphatic heterocycles. The SMILES string of the molecule is CN(CC1(CO)CCC1)C(=O)[C@H](c1ccccc1F)N(C)C. The van der Waals surface area contributed by atoms with Crippen LogP contribution in [0.5, 0.6) is 0 Å². The number of hydrogen-bond donors (Lipinski definition) is 1. The minimum Gasteiger partial charge on any atom is -0.396 e. The number of rotatable bonds is 6. The van der Waals surface area contributed by atoms with E-state index >= 15 is 0 Å². The fourth-order valence-electron chi connectivity index (χ4n) is 3.16. The van der Waals surface area contributed by atoms with Gasteiger partial charge in [0.1, 0.15) is 11.9 Å². The summed E-state index contributed by atoms with van der Waals surface area (Å²) in [5.41, 5.74) is 0.215. The molecule has 1 amide bonds. The highest BCUT2D eigenvalue weighted by atomic mass is 19.1. The zero-order valence-electron chi connectivity index (χ0n) is 13.6. The Morgan fingerprint density at radius 2 is 1.95 bits per heavy atom. The molecule has 1 aromatic carbocycles. The number of nitrogens with zero attached hydrogens (tertiary/aromatic N) is 2. The van der Waals surface area contributed by atoms with Crippen LogP contribution in [0.15, 0.2) is 24.3 Å². The summed E-state index contributed by atoms with van der Waals surface area (Å²) in [6.45, 7) is 0.609. The van der Waals surface area contributed by atoms with Gasteiger partial charge in [0.25, 0.3) is 0 Å². The Labute approximate surface area is 131 Å². The van der Waals surface area contributed by atoms with Gasteiger partial charge in [-0.15, -0.1) is 0 Å². The Balaban J connectivity index is 2.18. The van der Waals surface area contributed by atoms with Crippen LogP contribution in [0.1, 0.15) is 30.9 Å². The van der Waals surface area contributed by atoms with E-state index in [2.05, 4.69) is 0 Å². The first-order valence-electron chi connectivity index (χ1n) is 7.67. The first kappa shape index (κ1) is 16.9. The number of amides is 1. The standard InChI is InChI=1S/C17H25FN2O2/c1-19(2)15(13-7-4-5-8-14(13)18)16(22)20(3)11-17(12-21)9-6-10-17/h4-5,7-8,15,21H,6,9-12H2,1-3H3/t15-/m0/s1. The zero-order chi connectivity index (χ0) is 16.3. The van der Waals surface area contributed by atoms with Crippen molar-refractivity contribution in [2.45, 2.75) is 25.3 Å². The summed E-state index contributed by atoms with van der Waals surface area (Å²) < 4.78 is 14.1. The lowest BCUT2D eigenvalue weighted by Gasteiger charge is -2.43. The molecule has 0 aromatic heterocycles. The lowest BCUT2D eigenvalue weighted by atomic mass is 9.69. The second kappa shape index (κ2) is 6.75. The third-order valence-electron chi connectivity index (χ3n) is 4.65.